The van der Waals surface area contributed by atoms with Crippen molar-refractivity contribution in [2.24, 2.45) is 0 Å². The number of nitrogens with zero attached hydrogens (tertiary/aromatic N) is 4. The molecule has 2 fully saturated rings. The fourth-order valence-corrected chi connectivity index (χ4v) is 7.45. The van der Waals surface area contributed by atoms with Crippen molar-refractivity contribution in [1.29, 1.82) is 0 Å². The average Bonchev–Trinajstić information content (AvgIpc) is 3.27. The molecular formula is C30H37F2N7O4S. The zero-order chi connectivity index (χ0) is 30.8. The number of halogens is 2. The summed E-state index contributed by atoms with van der Waals surface area (Å²) in [7, 11) is -2.07. The van der Waals surface area contributed by atoms with E-state index in [0.29, 0.717) is 48.2 Å². The van der Waals surface area contributed by atoms with Gasteiger partial charge in [-0.1, -0.05) is 0 Å². The van der Waals surface area contributed by atoms with Gasteiger partial charge in [-0.05, 0) is 63.2 Å². The molecule has 3 N–H and O–H groups in total. The number of aromatic amines is 1. The highest BCUT2D eigenvalue weighted by Gasteiger charge is 2.32. The van der Waals surface area contributed by atoms with E-state index in [-0.39, 0.29) is 30.9 Å². The summed E-state index contributed by atoms with van der Waals surface area (Å²) in [6.07, 6.45) is 3.00. The van der Waals surface area contributed by atoms with E-state index < -0.39 is 26.6 Å². The summed E-state index contributed by atoms with van der Waals surface area (Å²) < 4.78 is 60.8. The van der Waals surface area contributed by atoms with Crippen LogP contribution in [0, 0.1) is 11.6 Å². The largest absolute Gasteiger partial charge is 0.381 e. The molecule has 6 rings (SSSR count). The van der Waals surface area contributed by atoms with Crippen molar-refractivity contribution in [3.63, 3.8) is 0 Å². The summed E-state index contributed by atoms with van der Waals surface area (Å²) in [4.78, 5) is 17.9. The highest BCUT2D eigenvalue weighted by molar-refractivity contribution is 7.89. The van der Waals surface area contributed by atoms with Gasteiger partial charge in [0.1, 0.15) is 11.6 Å². The number of fused-ring (bicyclic) bond motifs is 1. The molecular weight excluding hydrogens is 592 g/mol. The Morgan fingerprint density at radius 2 is 1.80 bits per heavy atom. The van der Waals surface area contributed by atoms with Crippen molar-refractivity contribution >= 4 is 33.1 Å². The maximum atomic E-state index is 13.8. The Hall–Kier alpha value is -3.59. The molecule has 0 radical (unpaired) electrons. The summed E-state index contributed by atoms with van der Waals surface area (Å²) in [6, 6.07) is 8.19. The molecule has 3 aliphatic rings. The first-order valence-electron chi connectivity index (χ1n) is 14.9. The molecule has 44 heavy (non-hydrogen) atoms. The maximum absolute atomic E-state index is 13.8. The van der Waals surface area contributed by atoms with Crippen molar-refractivity contribution in [3.05, 3.63) is 64.9 Å². The highest BCUT2D eigenvalue weighted by atomic mass is 32.2. The molecule has 4 heterocycles. The van der Waals surface area contributed by atoms with Gasteiger partial charge in [0.2, 0.25) is 10.0 Å². The van der Waals surface area contributed by atoms with Crippen molar-refractivity contribution in [2.75, 3.05) is 68.5 Å². The minimum Gasteiger partial charge on any atom is -0.381 e. The Morgan fingerprint density at radius 3 is 2.57 bits per heavy atom. The van der Waals surface area contributed by atoms with E-state index in [0.717, 1.165) is 67.6 Å². The number of H-pyrrole nitrogens is 1. The number of carbonyl (C=O) groups excluding carboxylic acids is 1. The van der Waals surface area contributed by atoms with Gasteiger partial charge in [0.05, 0.1) is 10.5 Å². The number of benzene rings is 2. The number of carbonyl (C=O) groups is 1. The third-order valence-electron chi connectivity index (χ3n) is 8.52. The van der Waals surface area contributed by atoms with Crippen molar-refractivity contribution in [1.82, 2.24) is 19.4 Å². The third kappa shape index (κ3) is 6.58. The predicted molar refractivity (Wildman–Crippen MR) is 162 cm³/mol. The molecule has 0 spiro atoms. The number of hydrogen-bond donors (Lipinski definition) is 3. The molecule has 0 saturated carbocycles. The van der Waals surface area contributed by atoms with Gasteiger partial charge in [0, 0.05) is 87.1 Å². The zero-order valence-electron chi connectivity index (χ0n) is 24.6. The van der Waals surface area contributed by atoms with Crippen LogP contribution < -0.4 is 15.5 Å². The van der Waals surface area contributed by atoms with Gasteiger partial charge in [-0.2, -0.15) is 9.40 Å². The molecule has 2 aromatic carbocycles. The van der Waals surface area contributed by atoms with Crippen LogP contribution in [0.4, 0.5) is 26.0 Å². The molecule has 0 bridgehead atoms. The van der Waals surface area contributed by atoms with Crippen molar-refractivity contribution < 1.29 is 26.7 Å². The number of rotatable bonds is 7. The van der Waals surface area contributed by atoms with E-state index in [9.17, 15) is 22.0 Å². The molecule has 0 unspecified atom stereocenters. The van der Waals surface area contributed by atoms with E-state index >= 15 is 0 Å². The van der Waals surface area contributed by atoms with Crippen LogP contribution in [0.2, 0.25) is 0 Å². The summed E-state index contributed by atoms with van der Waals surface area (Å²) in [5.41, 5.74) is 3.40. The quantitative estimate of drug-likeness (QED) is 0.364. The Morgan fingerprint density at radius 1 is 1.02 bits per heavy atom. The van der Waals surface area contributed by atoms with Gasteiger partial charge < -0.3 is 25.2 Å². The predicted octanol–water partition coefficient (Wildman–Crippen LogP) is 3.42. The number of hydrogen-bond acceptors (Lipinski definition) is 8. The first-order chi connectivity index (χ1) is 21.2. The number of sulfonamides is 1. The van der Waals surface area contributed by atoms with E-state index in [4.69, 9.17) is 4.74 Å². The SMILES string of the molecule is CN1CCCN(c2ccc(C(=O)Nc3n[nH]c4c3CN(S(=O)(=O)c3cc(F)cc(F)c3)CC4)c(NC3CCOCC3)c2)CC1. The average molecular weight is 630 g/mol. The standard InChI is InChI=1S/C30H37F2N7O4S/c1-37-8-2-9-38(12-11-37)23-3-4-25(28(18-23)33-22-6-13-43-14-7-22)30(40)34-29-26-19-39(10-5-27(26)35-36-29)44(41,42)24-16-20(31)15-21(32)17-24/h3-4,15-18,22,33H,2,5-14,19H2,1H3,(H2,34,35,36,40). The first kappa shape index (κ1) is 30.4. The maximum Gasteiger partial charge on any atom is 0.258 e. The lowest BCUT2D eigenvalue weighted by Crippen LogP contribution is -2.36. The number of ether oxygens (including phenoxy) is 1. The molecule has 3 aromatic rings. The lowest BCUT2D eigenvalue weighted by molar-refractivity contribution is 0.0904. The fraction of sp³-hybridized carbons (Fsp3) is 0.467. The van der Waals surface area contributed by atoms with Crippen LogP contribution in [0.15, 0.2) is 41.3 Å². The number of anilines is 3. The summed E-state index contributed by atoms with van der Waals surface area (Å²) in [5.74, 6) is -2.12. The van der Waals surface area contributed by atoms with Crippen LogP contribution >= 0.6 is 0 Å². The second-order valence-electron chi connectivity index (χ2n) is 11.6. The monoisotopic (exact) mass is 629 g/mol. The van der Waals surface area contributed by atoms with Crippen molar-refractivity contribution in [3.8, 4) is 0 Å². The van der Waals surface area contributed by atoms with Gasteiger partial charge in [0.15, 0.2) is 5.82 Å². The summed E-state index contributed by atoms with van der Waals surface area (Å²) >= 11 is 0. The van der Waals surface area contributed by atoms with Gasteiger partial charge >= 0.3 is 0 Å². The lowest BCUT2D eigenvalue weighted by Gasteiger charge is -2.28. The van der Waals surface area contributed by atoms with Crippen LogP contribution in [0.5, 0.6) is 0 Å². The second-order valence-corrected chi connectivity index (χ2v) is 13.5. The Balaban J connectivity index is 1.24. The minimum absolute atomic E-state index is 0.0932. The van der Waals surface area contributed by atoms with Crippen LogP contribution in [-0.4, -0.2) is 92.8 Å². The molecule has 0 atom stereocenters. The molecule has 14 heteroatoms. The first-order valence-corrected chi connectivity index (χ1v) is 16.4. The third-order valence-corrected chi connectivity index (χ3v) is 10.3. The highest BCUT2D eigenvalue weighted by Crippen LogP contribution is 2.31. The summed E-state index contributed by atoms with van der Waals surface area (Å²) in [5, 5.41) is 13.7. The van der Waals surface area contributed by atoms with E-state index in [2.05, 4.69) is 37.7 Å². The Bertz CT molecular complexity index is 1610. The number of likely N-dealkylation sites (N-methyl/N-ethyl adjacent to an activating group) is 1. The smallest absolute Gasteiger partial charge is 0.258 e. The molecule has 236 valence electrons. The van der Waals surface area contributed by atoms with Gasteiger partial charge in [-0.25, -0.2) is 17.2 Å². The van der Waals surface area contributed by atoms with Crippen molar-refractivity contribution in [2.45, 2.75) is 43.2 Å². The molecule has 3 aliphatic heterocycles. The van der Waals surface area contributed by atoms with E-state index in [1.54, 1.807) is 0 Å². The van der Waals surface area contributed by atoms with Gasteiger partial charge in [0.25, 0.3) is 5.91 Å². The number of nitrogens with one attached hydrogen (secondary N) is 3. The molecule has 1 amide bonds. The normalized spacial score (nSPS) is 18.9. The molecule has 0 aliphatic carbocycles. The zero-order valence-corrected chi connectivity index (χ0v) is 25.4. The van der Waals surface area contributed by atoms with E-state index in [1.807, 2.05) is 18.2 Å². The molecule has 2 saturated heterocycles. The van der Waals surface area contributed by atoms with Crippen LogP contribution in [0.1, 0.15) is 40.9 Å². The number of amides is 1. The second kappa shape index (κ2) is 12.8. The summed E-state index contributed by atoms with van der Waals surface area (Å²) in [6.45, 7) is 5.09. The number of aromatic nitrogens is 2. The molecule has 1 aromatic heterocycles. The van der Waals surface area contributed by atoms with Gasteiger partial charge in [-0.3, -0.25) is 9.89 Å². The van der Waals surface area contributed by atoms with Gasteiger partial charge in [-0.15, -0.1) is 0 Å². The Labute approximate surface area is 255 Å². The Kier molecular flexibility index (Phi) is 8.85. The van der Waals surface area contributed by atoms with Crippen LogP contribution in [-0.2, 0) is 27.7 Å². The lowest BCUT2D eigenvalue weighted by atomic mass is 10.1. The van der Waals surface area contributed by atoms with Crippen LogP contribution in [0.25, 0.3) is 0 Å². The van der Waals surface area contributed by atoms with E-state index in [1.165, 1.54) is 0 Å². The minimum atomic E-state index is -4.20. The topological polar surface area (TPSA) is 123 Å². The molecule has 11 nitrogen and oxygen atoms in total. The fourth-order valence-electron chi connectivity index (χ4n) is 5.99. The van der Waals surface area contributed by atoms with Crippen LogP contribution in [0.3, 0.4) is 0 Å².